The summed E-state index contributed by atoms with van der Waals surface area (Å²) >= 11 is 7.53. The number of aromatic nitrogens is 3. The fourth-order valence-electron chi connectivity index (χ4n) is 2.58. The van der Waals surface area contributed by atoms with E-state index in [0.717, 1.165) is 20.9 Å². The number of hydrogen-bond donors (Lipinski definition) is 1. The van der Waals surface area contributed by atoms with E-state index in [1.165, 1.54) is 29.7 Å². The molecule has 0 aliphatic heterocycles. The van der Waals surface area contributed by atoms with Gasteiger partial charge in [0.2, 0.25) is 5.13 Å². The lowest BCUT2D eigenvalue weighted by atomic mass is 10.0. The Labute approximate surface area is 143 Å². The van der Waals surface area contributed by atoms with E-state index in [1.807, 2.05) is 30.3 Å². The van der Waals surface area contributed by atoms with Crippen molar-refractivity contribution < 1.29 is 0 Å². The smallest absolute Gasteiger partial charge is 0.206 e. The number of halogens is 1. The van der Waals surface area contributed by atoms with Gasteiger partial charge in [0, 0.05) is 11.2 Å². The largest absolute Gasteiger partial charge is 0.353 e. The summed E-state index contributed by atoms with van der Waals surface area (Å²) in [6.07, 6.45) is 4.25. The molecule has 0 spiro atoms. The van der Waals surface area contributed by atoms with E-state index in [-0.39, 0.29) is 6.04 Å². The molecule has 0 radical (unpaired) electrons. The third kappa shape index (κ3) is 3.35. The van der Waals surface area contributed by atoms with Crippen LogP contribution in [-0.2, 0) is 0 Å². The number of anilines is 1. The SMILES string of the molecule is Clc1ccc(C(Nc2nnc(-c3ccccn3)s2)C2CC2)cc1. The first-order chi connectivity index (χ1) is 11.3. The molecule has 23 heavy (non-hydrogen) atoms. The Kier molecular flexibility index (Phi) is 3.97. The van der Waals surface area contributed by atoms with Crippen LogP contribution in [0.15, 0.2) is 48.7 Å². The van der Waals surface area contributed by atoms with Crippen molar-refractivity contribution in [2.75, 3.05) is 5.32 Å². The van der Waals surface area contributed by atoms with E-state index < -0.39 is 0 Å². The van der Waals surface area contributed by atoms with Crippen LogP contribution in [0.1, 0.15) is 24.4 Å². The first-order valence-electron chi connectivity index (χ1n) is 7.56. The molecule has 0 bridgehead atoms. The van der Waals surface area contributed by atoms with Gasteiger partial charge in [-0.3, -0.25) is 4.98 Å². The highest BCUT2D eigenvalue weighted by Crippen LogP contribution is 2.43. The highest BCUT2D eigenvalue weighted by Gasteiger charge is 2.33. The van der Waals surface area contributed by atoms with Gasteiger partial charge in [-0.25, -0.2) is 0 Å². The van der Waals surface area contributed by atoms with Crippen molar-refractivity contribution in [3.8, 4) is 10.7 Å². The number of hydrogen-bond acceptors (Lipinski definition) is 5. The van der Waals surface area contributed by atoms with Gasteiger partial charge in [0.05, 0.1) is 6.04 Å². The van der Waals surface area contributed by atoms with E-state index in [2.05, 4.69) is 32.6 Å². The molecule has 0 amide bonds. The molecule has 1 fully saturated rings. The Balaban J connectivity index is 1.56. The van der Waals surface area contributed by atoms with Crippen molar-refractivity contribution in [3.05, 3.63) is 59.2 Å². The molecule has 1 aliphatic carbocycles. The lowest BCUT2D eigenvalue weighted by molar-refractivity contribution is 0.677. The summed E-state index contributed by atoms with van der Waals surface area (Å²) in [5, 5.41) is 14.5. The van der Waals surface area contributed by atoms with Crippen molar-refractivity contribution in [1.29, 1.82) is 0 Å². The summed E-state index contributed by atoms with van der Waals surface area (Å²) in [6, 6.07) is 14.1. The zero-order valence-corrected chi connectivity index (χ0v) is 13.9. The first kappa shape index (κ1) is 14.6. The molecule has 4 rings (SSSR count). The van der Waals surface area contributed by atoms with Crippen LogP contribution in [-0.4, -0.2) is 15.2 Å². The van der Waals surface area contributed by atoms with Gasteiger partial charge in [-0.2, -0.15) is 0 Å². The first-order valence-corrected chi connectivity index (χ1v) is 8.76. The molecule has 1 aliphatic rings. The number of benzene rings is 1. The van der Waals surface area contributed by atoms with Crippen LogP contribution in [0.25, 0.3) is 10.7 Å². The van der Waals surface area contributed by atoms with Crippen molar-refractivity contribution >= 4 is 28.1 Å². The Hall–Kier alpha value is -1.98. The van der Waals surface area contributed by atoms with Crippen LogP contribution < -0.4 is 5.32 Å². The fourth-order valence-corrected chi connectivity index (χ4v) is 3.46. The topological polar surface area (TPSA) is 50.7 Å². The molecule has 6 heteroatoms. The summed E-state index contributed by atoms with van der Waals surface area (Å²) in [7, 11) is 0. The van der Waals surface area contributed by atoms with Gasteiger partial charge in [0.25, 0.3) is 0 Å². The lowest BCUT2D eigenvalue weighted by Gasteiger charge is -2.17. The second-order valence-electron chi connectivity index (χ2n) is 5.64. The fraction of sp³-hybridized carbons (Fsp3) is 0.235. The average Bonchev–Trinajstić information content (AvgIpc) is 3.33. The normalized spacial score (nSPS) is 15.3. The van der Waals surface area contributed by atoms with Crippen molar-refractivity contribution in [3.63, 3.8) is 0 Å². The average molecular weight is 343 g/mol. The summed E-state index contributed by atoms with van der Waals surface area (Å²) < 4.78 is 0. The molecule has 1 unspecified atom stereocenters. The standard InChI is InChI=1S/C17H15ClN4S/c18-13-8-6-12(7-9-13)15(11-4-5-11)20-17-22-21-16(23-17)14-3-1-2-10-19-14/h1-3,6-11,15H,4-5H2,(H,20,22). The summed E-state index contributed by atoms with van der Waals surface area (Å²) in [5.41, 5.74) is 2.10. The predicted octanol–water partition coefficient (Wildman–Crippen LogP) is 4.82. The lowest BCUT2D eigenvalue weighted by Crippen LogP contribution is -2.12. The van der Waals surface area contributed by atoms with Crippen molar-refractivity contribution in [1.82, 2.24) is 15.2 Å². The van der Waals surface area contributed by atoms with Crippen LogP contribution in [0.2, 0.25) is 5.02 Å². The molecular formula is C17H15ClN4S. The van der Waals surface area contributed by atoms with Crippen LogP contribution in [0, 0.1) is 5.92 Å². The third-order valence-corrected chi connectivity index (χ3v) is 5.04. The highest BCUT2D eigenvalue weighted by molar-refractivity contribution is 7.18. The minimum atomic E-state index is 0.261. The maximum atomic E-state index is 6.00. The van der Waals surface area contributed by atoms with E-state index in [0.29, 0.717) is 5.92 Å². The minimum absolute atomic E-state index is 0.261. The van der Waals surface area contributed by atoms with Gasteiger partial charge in [0.15, 0.2) is 5.01 Å². The third-order valence-electron chi connectivity index (χ3n) is 3.91. The minimum Gasteiger partial charge on any atom is -0.353 e. The second-order valence-corrected chi connectivity index (χ2v) is 7.05. The van der Waals surface area contributed by atoms with Gasteiger partial charge < -0.3 is 5.32 Å². The molecule has 0 saturated heterocycles. The van der Waals surface area contributed by atoms with Gasteiger partial charge >= 0.3 is 0 Å². The Morgan fingerprint density at radius 3 is 2.61 bits per heavy atom. The van der Waals surface area contributed by atoms with E-state index in [9.17, 15) is 0 Å². The monoisotopic (exact) mass is 342 g/mol. The van der Waals surface area contributed by atoms with Crippen LogP contribution in [0.5, 0.6) is 0 Å². The molecule has 2 heterocycles. The molecule has 1 N–H and O–H groups in total. The Morgan fingerprint density at radius 2 is 1.91 bits per heavy atom. The van der Waals surface area contributed by atoms with E-state index in [1.54, 1.807) is 6.20 Å². The zero-order valence-electron chi connectivity index (χ0n) is 12.3. The van der Waals surface area contributed by atoms with Gasteiger partial charge in [-0.1, -0.05) is 41.1 Å². The maximum Gasteiger partial charge on any atom is 0.206 e. The predicted molar refractivity (Wildman–Crippen MR) is 93.7 cm³/mol. The molecule has 1 saturated carbocycles. The van der Waals surface area contributed by atoms with Crippen LogP contribution in [0.3, 0.4) is 0 Å². The van der Waals surface area contributed by atoms with Crippen molar-refractivity contribution in [2.45, 2.75) is 18.9 Å². The summed E-state index contributed by atoms with van der Waals surface area (Å²) in [6.45, 7) is 0. The van der Waals surface area contributed by atoms with Gasteiger partial charge in [-0.15, -0.1) is 10.2 Å². The van der Waals surface area contributed by atoms with Crippen molar-refractivity contribution in [2.24, 2.45) is 5.92 Å². The highest BCUT2D eigenvalue weighted by atomic mass is 35.5. The number of rotatable bonds is 5. The maximum absolute atomic E-state index is 6.00. The van der Waals surface area contributed by atoms with Gasteiger partial charge in [-0.05, 0) is 48.6 Å². The molecular weight excluding hydrogens is 328 g/mol. The molecule has 1 aromatic carbocycles. The molecule has 2 aromatic heterocycles. The second kappa shape index (κ2) is 6.26. The van der Waals surface area contributed by atoms with E-state index >= 15 is 0 Å². The molecule has 1 atom stereocenters. The quantitative estimate of drug-likeness (QED) is 0.722. The van der Waals surface area contributed by atoms with E-state index in [4.69, 9.17) is 11.6 Å². The Bertz CT molecular complexity index is 784. The molecule has 4 nitrogen and oxygen atoms in total. The van der Waals surface area contributed by atoms with Crippen LogP contribution >= 0.6 is 22.9 Å². The number of pyridine rings is 1. The van der Waals surface area contributed by atoms with Crippen LogP contribution in [0.4, 0.5) is 5.13 Å². The van der Waals surface area contributed by atoms with Gasteiger partial charge in [0.1, 0.15) is 5.69 Å². The summed E-state index contributed by atoms with van der Waals surface area (Å²) in [4.78, 5) is 4.32. The Morgan fingerprint density at radius 1 is 1.09 bits per heavy atom. The summed E-state index contributed by atoms with van der Waals surface area (Å²) in [5.74, 6) is 0.651. The molecule has 116 valence electrons. The number of nitrogens with zero attached hydrogens (tertiary/aromatic N) is 3. The number of nitrogens with one attached hydrogen (secondary N) is 1. The molecule has 3 aromatic rings. The zero-order chi connectivity index (χ0) is 15.6.